The van der Waals surface area contributed by atoms with Crippen molar-refractivity contribution in [3.63, 3.8) is 0 Å². The normalized spacial score (nSPS) is 15.2. The summed E-state index contributed by atoms with van der Waals surface area (Å²) in [4.78, 5) is 0. The van der Waals surface area contributed by atoms with E-state index in [1.807, 2.05) is 23.7 Å². The Morgan fingerprint density at radius 3 is 2.88 bits per heavy atom. The summed E-state index contributed by atoms with van der Waals surface area (Å²) >= 11 is 3.45. The Labute approximate surface area is 107 Å². The van der Waals surface area contributed by atoms with Gasteiger partial charge in [0.15, 0.2) is 5.82 Å². The van der Waals surface area contributed by atoms with E-state index in [4.69, 9.17) is 5.73 Å². The van der Waals surface area contributed by atoms with Gasteiger partial charge in [0.25, 0.3) is 0 Å². The number of hydrogen-bond donors (Lipinski definition) is 1. The predicted octanol–water partition coefficient (Wildman–Crippen LogP) is 2.33. The van der Waals surface area contributed by atoms with Crippen LogP contribution in [0.1, 0.15) is 24.4 Å². The van der Waals surface area contributed by atoms with Crippen LogP contribution < -0.4 is 5.73 Å². The summed E-state index contributed by atoms with van der Waals surface area (Å²) in [7, 11) is 0. The topological polar surface area (TPSA) is 69.6 Å². The number of nitrogens with two attached hydrogens (primary N) is 1. The molecule has 2 N–H and O–H groups in total. The number of nitrogen functional groups attached to an aromatic ring is 1. The molecule has 0 saturated heterocycles. The molecule has 17 heavy (non-hydrogen) atoms. The van der Waals surface area contributed by atoms with Crippen molar-refractivity contribution in [2.75, 3.05) is 5.73 Å². The lowest BCUT2D eigenvalue weighted by atomic mass is 10.1. The minimum Gasteiger partial charge on any atom is -0.398 e. The third-order valence-electron chi connectivity index (χ3n) is 3.04. The van der Waals surface area contributed by atoms with Gasteiger partial charge in [-0.05, 0) is 47.9 Å². The van der Waals surface area contributed by atoms with Crippen molar-refractivity contribution in [3.05, 3.63) is 22.2 Å². The van der Waals surface area contributed by atoms with Gasteiger partial charge in [0.1, 0.15) is 0 Å². The molecule has 1 aliphatic rings. The van der Waals surface area contributed by atoms with Crippen molar-refractivity contribution >= 4 is 21.6 Å². The zero-order valence-electron chi connectivity index (χ0n) is 9.39. The molecule has 2 aromatic rings. The Balaban J connectivity index is 2.17. The second-order valence-corrected chi connectivity index (χ2v) is 5.26. The first-order chi connectivity index (χ1) is 8.16. The molecule has 3 rings (SSSR count). The van der Waals surface area contributed by atoms with Gasteiger partial charge in [0.05, 0.1) is 6.04 Å². The second kappa shape index (κ2) is 3.80. The Morgan fingerprint density at radius 1 is 1.41 bits per heavy atom. The van der Waals surface area contributed by atoms with Crippen molar-refractivity contribution in [2.45, 2.75) is 25.8 Å². The zero-order valence-corrected chi connectivity index (χ0v) is 11.0. The highest BCUT2D eigenvalue weighted by Crippen LogP contribution is 2.38. The molecule has 0 unspecified atom stereocenters. The summed E-state index contributed by atoms with van der Waals surface area (Å²) in [6.45, 7) is 1.99. The highest BCUT2D eigenvalue weighted by molar-refractivity contribution is 9.10. The lowest BCUT2D eigenvalue weighted by Gasteiger charge is -2.09. The van der Waals surface area contributed by atoms with Crippen LogP contribution in [0.4, 0.5) is 5.69 Å². The first kappa shape index (κ1) is 10.7. The summed E-state index contributed by atoms with van der Waals surface area (Å²) in [5.74, 6) is 0.804. The van der Waals surface area contributed by atoms with Crippen LogP contribution in [0, 0.1) is 6.92 Å². The monoisotopic (exact) mass is 293 g/mol. The van der Waals surface area contributed by atoms with Gasteiger partial charge in [0.2, 0.25) is 0 Å². The molecule has 5 nitrogen and oxygen atoms in total. The molecule has 0 atom stereocenters. The zero-order chi connectivity index (χ0) is 12.0. The van der Waals surface area contributed by atoms with E-state index in [1.54, 1.807) is 0 Å². The number of hydrogen-bond acceptors (Lipinski definition) is 4. The molecule has 1 fully saturated rings. The molecule has 1 aliphatic carbocycles. The number of halogens is 1. The van der Waals surface area contributed by atoms with Gasteiger partial charge in [-0.2, -0.15) is 0 Å². The molecule has 0 spiro atoms. The van der Waals surface area contributed by atoms with Crippen LogP contribution in [0.15, 0.2) is 16.6 Å². The number of aromatic nitrogens is 4. The van der Waals surface area contributed by atoms with Crippen LogP contribution in [0.5, 0.6) is 0 Å². The number of nitrogens with zero attached hydrogens (tertiary/aromatic N) is 4. The third-order valence-corrected chi connectivity index (χ3v) is 3.50. The van der Waals surface area contributed by atoms with Gasteiger partial charge >= 0.3 is 0 Å². The minimum atomic E-state index is 0.458. The van der Waals surface area contributed by atoms with E-state index in [1.165, 1.54) is 0 Å². The average Bonchev–Trinajstić information content (AvgIpc) is 3.02. The lowest BCUT2D eigenvalue weighted by Crippen LogP contribution is -2.02. The summed E-state index contributed by atoms with van der Waals surface area (Å²) in [5, 5.41) is 11.9. The minimum absolute atomic E-state index is 0.458. The maximum atomic E-state index is 5.96. The number of rotatable bonds is 2. The van der Waals surface area contributed by atoms with Crippen LogP contribution in [-0.2, 0) is 0 Å². The van der Waals surface area contributed by atoms with Gasteiger partial charge in [-0.1, -0.05) is 15.9 Å². The van der Waals surface area contributed by atoms with Crippen molar-refractivity contribution in [1.29, 1.82) is 0 Å². The van der Waals surface area contributed by atoms with Crippen LogP contribution in [0.25, 0.3) is 11.4 Å². The Hall–Kier alpha value is -1.43. The highest BCUT2D eigenvalue weighted by Gasteiger charge is 2.28. The van der Waals surface area contributed by atoms with Crippen molar-refractivity contribution in [1.82, 2.24) is 20.2 Å². The summed E-state index contributed by atoms with van der Waals surface area (Å²) < 4.78 is 2.84. The molecule has 1 saturated carbocycles. The molecular weight excluding hydrogens is 282 g/mol. The molecular formula is C11H12BrN5. The fourth-order valence-electron chi connectivity index (χ4n) is 1.87. The molecule has 0 radical (unpaired) electrons. The lowest BCUT2D eigenvalue weighted by molar-refractivity contribution is 0.615. The van der Waals surface area contributed by atoms with E-state index < -0.39 is 0 Å². The average molecular weight is 294 g/mol. The fraction of sp³-hybridized carbons (Fsp3) is 0.364. The maximum absolute atomic E-state index is 5.96. The van der Waals surface area contributed by atoms with Gasteiger partial charge in [-0.25, -0.2) is 4.68 Å². The smallest absolute Gasteiger partial charge is 0.182 e. The molecule has 6 heteroatoms. The SMILES string of the molecule is Cc1c(N)cc(Br)cc1-c1nnnn1C1CC1. The summed E-state index contributed by atoms with van der Waals surface area (Å²) in [5.41, 5.74) is 8.72. The highest BCUT2D eigenvalue weighted by atomic mass is 79.9. The molecule has 88 valence electrons. The first-order valence-corrected chi connectivity index (χ1v) is 6.30. The number of tetrazole rings is 1. The largest absolute Gasteiger partial charge is 0.398 e. The fourth-order valence-corrected chi connectivity index (χ4v) is 2.34. The molecule has 1 heterocycles. The van der Waals surface area contributed by atoms with E-state index in [-0.39, 0.29) is 0 Å². The summed E-state index contributed by atoms with van der Waals surface area (Å²) in [6, 6.07) is 4.36. The second-order valence-electron chi connectivity index (χ2n) is 4.35. The molecule has 0 bridgehead atoms. The van der Waals surface area contributed by atoms with E-state index in [0.717, 1.165) is 40.0 Å². The predicted molar refractivity (Wildman–Crippen MR) is 68.4 cm³/mol. The van der Waals surface area contributed by atoms with E-state index in [0.29, 0.717) is 6.04 Å². The standard InChI is InChI=1S/C11H12BrN5/c1-6-9(4-7(12)5-10(6)13)11-14-15-16-17(11)8-2-3-8/h4-5,8H,2-3,13H2,1H3. The quantitative estimate of drug-likeness (QED) is 0.863. The van der Waals surface area contributed by atoms with Crippen LogP contribution in [0.2, 0.25) is 0 Å². The van der Waals surface area contributed by atoms with Crippen molar-refractivity contribution in [2.24, 2.45) is 0 Å². The molecule has 1 aromatic carbocycles. The molecule has 0 aliphatic heterocycles. The maximum Gasteiger partial charge on any atom is 0.182 e. The Kier molecular flexibility index (Phi) is 2.39. The van der Waals surface area contributed by atoms with Gasteiger partial charge in [0, 0.05) is 15.7 Å². The third kappa shape index (κ3) is 1.82. The van der Waals surface area contributed by atoms with Gasteiger partial charge < -0.3 is 5.73 Å². The van der Waals surface area contributed by atoms with Crippen LogP contribution in [0.3, 0.4) is 0 Å². The number of anilines is 1. The van der Waals surface area contributed by atoms with Crippen LogP contribution >= 0.6 is 15.9 Å². The van der Waals surface area contributed by atoms with Gasteiger partial charge in [-0.15, -0.1) is 5.10 Å². The molecule has 1 aromatic heterocycles. The van der Waals surface area contributed by atoms with Crippen molar-refractivity contribution < 1.29 is 0 Å². The van der Waals surface area contributed by atoms with E-state index in [9.17, 15) is 0 Å². The molecule has 0 amide bonds. The van der Waals surface area contributed by atoms with E-state index in [2.05, 4.69) is 31.5 Å². The number of benzene rings is 1. The first-order valence-electron chi connectivity index (χ1n) is 5.50. The van der Waals surface area contributed by atoms with Crippen molar-refractivity contribution in [3.8, 4) is 11.4 Å². The van der Waals surface area contributed by atoms with E-state index >= 15 is 0 Å². The van der Waals surface area contributed by atoms with Gasteiger partial charge in [-0.3, -0.25) is 0 Å². The Bertz CT molecular complexity index is 573. The van der Waals surface area contributed by atoms with Crippen LogP contribution in [-0.4, -0.2) is 20.2 Å². The Morgan fingerprint density at radius 2 is 2.18 bits per heavy atom. The summed E-state index contributed by atoms with van der Waals surface area (Å²) in [6.07, 6.45) is 2.31.